The molecule has 0 saturated heterocycles. The highest BCUT2D eigenvalue weighted by Crippen LogP contribution is 2.49. The van der Waals surface area contributed by atoms with E-state index in [1.807, 2.05) is 24.3 Å². The Hall–Kier alpha value is -1.46. The summed E-state index contributed by atoms with van der Waals surface area (Å²) in [5.74, 6) is 0.0709. The molecule has 0 amide bonds. The van der Waals surface area contributed by atoms with Gasteiger partial charge in [0.15, 0.2) is 0 Å². The summed E-state index contributed by atoms with van der Waals surface area (Å²) < 4.78 is 4.62. The fourth-order valence-electron chi connectivity index (χ4n) is 5.09. The molecule has 0 heterocycles. The van der Waals surface area contributed by atoms with E-state index in [1.54, 1.807) is 0 Å². The van der Waals surface area contributed by atoms with Crippen LogP contribution in [0.25, 0.3) is 0 Å². The maximum absolute atomic E-state index is 12.3. The standard InChI is InChI=1S/C25H40O5/c1-18(2)17-25(14-9-15-25)23(28)12-8-11-20-19(21(26)16-22(20)27)10-6-4-5-7-13-24(29)30-3/h4,6,8,11,18-20,22-23,27-28H,5,7,9-10,12-17H2,1-3H3/t19-,20-,22?,23?/m1/s1. The fourth-order valence-corrected chi connectivity index (χ4v) is 5.09. The molecule has 0 aliphatic heterocycles. The highest BCUT2D eigenvalue weighted by atomic mass is 16.5. The van der Waals surface area contributed by atoms with Crippen LogP contribution in [-0.2, 0) is 14.3 Å². The largest absolute Gasteiger partial charge is 0.469 e. The lowest BCUT2D eigenvalue weighted by Gasteiger charge is -2.46. The molecule has 4 atom stereocenters. The lowest BCUT2D eigenvalue weighted by atomic mass is 9.60. The zero-order chi connectivity index (χ0) is 22.1. The molecule has 2 rings (SSSR count). The molecule has 2 N–H and O–H groups in total. The van der Waals surface area contributed by atoms with Crippen LogP contribution < -0.4 is 0 Å². The summed E-state index contributed by atoms with van der Waals surface area (Å²) >= 11 is 0. The topological polar surface area (TPSA) is 83.8 Å². The number of esters is 1. The second-order valence-electron chi connectivity index (χ2n) is 9.59. The van der Waals surface area contributed by atoms with Gasteiger partial charge in [0.25, 0.3) is 0 Å². The lowest BCUT2D eigenvalue weighted by Crippen LogP contribution is -2.42. The molecular formula is C25H40O5. The third-order valence-electron chi connectivity index (χ3n) is 6.86. The lowest BCUT2D eigenvalue weighted by molar-refractivity contribution is -0.140. The van der Waals surface area contributed by atoms with Crippen LogP contribution in [0, 0.1) is 23.2 Å². The molecule has 0 aromatic carbocycles. The summed E-state index contributed by atoms with van der Waals surface area (Å²) in [5.41, 5.74) is 0.0506. The summed E-state index contributed by atoms with van der Waals surface area (Å²) in [6, 6.07) is 0. The Kier molecular flexibility index (Phi) is 9.76. The third-order valence-corrected chi connectivity index (χ3v) is 6.86. The number of methoxy groups -OCH3 is 1. The van der Waals surface area contributed by atoms with Gasteiger partial charge in [-0.05, 0) is 56.3 Å². The van der Waals surface area contributed by atoms with Crippen molar-refractivity contribution in [1.29, 1.82) is 0 Å². The predicted molar refractivity (Wildman–Crippen MR) is 118 cm³/mol. The first-order chi connectivity index (χ1) is 14.3. The number of hydrogen-bond donors (Lipinski definition) is 2. The molecule has 0 bridgehead atoms. The first-order valence-electron chi connectivity index (χ1n) is 11.6. The SMILES string of the molecule is COC(=O)CCCC=CC[C@H]1C(=O)CC(O)[C@@H]1C=CCC(O)C1(CC(C)C)CCC1. The van der Waals surface area contributed by atoms with Crippen molar-refractivity contribution >= 4 is 11.8 Å². The third kappa shape index (κ3) is 6.78. The maximum atomic E-state index is 12.3. The molecule has 0 spiro atoms. The molecule has 0 radical (unpaired) electrons. The maximum Gasteiger partial charge on any atom is 0.305 e. The van der Waals surface area contributed by atoms with Gasteiger partial charge in [-0.15, -0.1) is 0 Å². The van der Waals surface area contributed by atoms with Crippen molar-refractivity contribution < 1.29 is 24.5 Å². The Morgan fingerprint density at radius 1 is 1.27 bits per heavy atom. The number of aliphatic hydroxyl groups is 2. The summed E-state index contributed by atoms with van der Waals surface area (Å²) in [4.78, 5) is 23.5. The number of ether oxygens (including phenoxy) is 1. The van der Waals surface area contributed by atoms with Crippen LogP contribution in [0.5, 0.6) is 0 Å². The molecule has 5 nitrogen and oxygen atoms in total. The molecule has 5 heteroatoms. The summed E-state index contributed by atoms with van der Waals surface area (Å²) in [6.45, 7) is 4.41. The van der Waals surface area contributed by atoms with E-state index < -0.39 is 6.10 Å². The average molecular weight is 421 g/mol. The number of hydrogen-bond acceptors (Lipinski definition) is 5. The Balaban J connectivity index is 1.85. The van der Waals surface area contributed by atoms with E-state index in [0.717, 1.165) is 32.1 Å². The minimum Gasteiger partial charge on any atom is -0.469 e. The Morgan fingerprint density at radius 3 is 2.60 bits per heavy atom. The van der Waals surface area contributed by atoms with Crippen molar-refractivity contribution in [3.63, 3.8) is 0 Å². The summed E-state index contributed by atoms with van der Waals surface area (Å²) in [6.07, 6.45) is 14.6. The van der Waals surface area contributed by atoms with Gasteiger partial charge in [-0.1, -0.05) is 44.6 Å². The van der Waals surface area contributed by atoms with Crippen molar-refractivity contribution in [1.82, 2.24) is 0 Å². The van der Waals surface area contributed by atoms with E-state index in [4.69, 9.17) is 0 Å². The van der Waals surface area contributed by atoms with E-state index in [-0.39, 0.29) is 41.5 Å². The molecule has 2 unspecified atom stereocenters. The summed E-state index contributed by atoms with van der Waals surface area (Å²) in [5, 5.41) is 21.1. The Labute approximate surface area is 181 Å². The molecule has 30 heavy (non-hydrogen) atoms. The van der Waals surface area contributed by atoms with Gasteiger partial charge in [0.05, 0.1) is 19.3 Å². The van der Waals surface area contributed by atoms with Gasteiger partial charge in [0, 0.05) is 24.7 Å². The quantitative estimate of drug-likeness (QED) is 0.278. The molecule has 170 valence electrons. The van der Waals surface area contributed by atoms with Gasteiger partial charge in [-0.2, -0.15) is 0 Å². The first kappa shape index (κ1) is 24.8. The molecule has 2 aliphatic rings. The van der Waals surface area contributed by atoms with Crippen molar-refractivity contribution in [3.05, 3.63) is 24.3 Å². The van der Waals surface area contributed by atoms with Crippen LogP contribution in [0.3, 0.4) is 0 Å². The fraction of sp³-hybridized carbons (Fsp3) is 0.760. The van der Waals surface area contributed by atoms with Gasteiger partial charge in [-0.3, -0.25) is 9.59 Å². The summed E-state index contributed by atoms with van der Waals surface area (Å²) in [7, 11) is 1.39. The van der Waals surface area contributed by atoms with Crippen LogP contribution in [0.15, 0.2) is 24.3 Å². The van der Waals surface area contributed by atoms with Crippen LogP contribution in [-0.4, -0.2) is 41.3 Å². The van der Waals surface area contributed by atoms with Gasteiger partial charge >= 0.3 is 5.97 Å². The molecular weight excluding hydrogens is 380 g/mol. The minimum atomic E-state index is -0.642. The van der Waals surface area contributed by atoms with E-state index >= 15 is 0 Å². The van der Waals surface area contributed by atoms with Crippen molar-refractivity contribution in [2.45, 2.75) is 90.3 Å². The average Bonchev–Trinajstić information content (AvgIpc) is 2.93. The van der Waals surface area contributed by atoms with Crippen LogP contribution >= 0.6 is 0 Å². The van der Waals surface area contributed by atoms with E-state index in [0.29, 0.717) is 25.2 Å². The van der Waals surface area contributed by atoms with Crippen LogP contribution in [0.1, 0.15) is 78.1 Å². The molecule has 2 fully saturated rings. The number of ketones is 1. The predicted octanol–water partition coefficient (Wildman–Crippen LogP) is 4.37. The van der Waals surface area contributed by atoms with Crippen LogP contribution in [0.4, 0.5) is 0 Å². The second-order valence-corrected chi connectivity index (χ2v) is 9.59. The Morgan fingerprint density at radius 2 is 2.00 bits per heavy atom. The van der Waals surface area contributed by atoms with Gasteiger partial charge in [0.2, 0.25) is 0 Å². The molecule has 2 aliphatic carbocycles. The smallest absolute Gasteiger partial charge is 0.305 e. The normalized spacial score (nSPS) is 27.1. The number of aliphatic hydroxyl groups excluding tert-OH is 2. The molecule has 0 aromatic heterocycles. The van der Waals surface area contributed by atoms with E-state index in [2.05, 4.69) is 18.6 Å². The van der Waals surface area contributed by atoms with Crippen molar-refractivity contribution in [2.24, 2.45) is 23.2 Å². The van der Waals surface area contributed by atoms with E-state index in [1.165, 1.54) is 13.5 Å². The zero-order valence-electron chi connectivity index (χ0n) is 18.9. The first-order valence-corrected chi connectivity index (χ1v) is 11.6. The number of unbranched alkanes of at least 4 members (excludes halogenated alkanes) is 1. The number of carbonyl (C=O) groups is 2. The van der Waals surface area contributed by atoms with Crippen LogP contribution in [0.2, 0.25) is 0 Å². The zero-order valence-corrected chi connectivity index (χ0v) is 18.9. The number of Topliss-reactive ketones (excluding diaryl/α,β-unsaturated/α-hetero) is 1. The van der Waals surface area contributed by atoms with E-state index in [9.17, 15) is 19.8 Å². The van der Waals surface area contributed by atoms with Gasteiger partial charge in [-0.25, -0.2) is 0 Å². The molecule has 0 aromatic rings. The van der Waals surface area contributed by atoms with Crippen molar-refractivity contribution in [2.75, 3.05) is 7.11 Å². The van der Waals surface area contributed by atoms with Gasteiger partial charge in [0.1, 0.15) is 5.78 Å². The second kappa shape index (κ2) is 11.8. The monoisotopic (exact) mass is 420 g/mol. The number of carbonyl (C=O) groups excluding carboxylic acids is 2. The van der Waals surface area contributed by atoms with Crippen molar-refractivity contribution in [3.8, 4) is 0 Å². The highest BCUT2D eigenvalue weighted by molar-refractivity contribution is 5.84. The number of rotatable bonds is 12. The van der Waals surface area contributed by atoms with Gasteiger partial charge < -0.3 is 14.9 Å². The highest BCUT2D eigenvalue weighted by Gasteiger charge is 2.43. The number of allylic oxidation sites excluding steroid dienone is 2. The minimum absolute atomic E-state index is 0.0506. The Bertz CT molecular complexity index is 617. The molecule has 2 saturated carbocycles.